The van der Waals surface area contributed by atoms with Gasteiger partial charge in [0.1, 0.15) is 12.1 Å². The summed E-state index contributed by atoms with van der Waals surface area (Å²) in [6, 6.07) is 12.1. The van der Waals surface area contributed by atoms with Crippen LogP contribution < -0.4 is 10.6 Å². The molecule has 0 aromatic heterocycles. The molecule has 1 aliphatic heterocycles. The number of fused-ring (bicyclic) bond motifs is 1. The van der Waals surface area contributed by atoms with Crippen LogP contribution in [0.5, 0.6) is 0 Å². The minimum Gasteiger partial charge on any atom is -0.340 e. The Bertz CT molecular complexity index is 991. The van der Waals surface area contributed by atoms with Crippen LogP contribution in [0, 0.1) is 13.8 Å². The van der Waals surface area contributed by atoms with E-state index in [0.717, 1.165) is 16.0 Å². The lowest BCUT2D eigenvalue weighted by molar-refractivity contribution is -0.130. The summed E-state index contributed by atoms with van der Waals surface area (Å²) in [5.41, 5.74) is 1.89. The zero-order chi connectivity index (χ0) is 22.1. The number of aryl methyl sites for hydroxylation is 2. The summed E-state index contributed by atoms with van der Waals surface area (Å²) in [4.78, 5) is 51.5. The lowest BCUT2D eigenvalue weighted by Gasteiger charge is -2.29. The van der Waals surface area contributed by atoms with E-state index in [1.165, 1.54) is 0 Å². The summed E-state index contributed by atoms with van der Waals surface area (Å²) in [6.07, 6.45) is 0.331. The predicted octanol–water partition coefficient (Wildman–Crippen LogP) is 2.82. The molecule has 3 rings (SSSR count). The molecule has 0 radical (unpaired) electrons. The average Bonchev–Trinajstić information content (AvgIpc) is 2.95. The molecule has 1 heterocycles. The van der Waals surface area contributed by atoms with E-state index in [-0.39, 0.29) is 17.0 Å². The third-order valence-electron chi connectivity index (χ3n) is 5.52. The number of carbonyl (C=O) groups excluding carboxylic acids is 4. The summed E-state index contributed by atoms with van der Waals surface area (Å²) < 4.78 is 0. The van der Waals surface area contributed by atoms with E-state index in [1.54, 1.807) is 38.1 Å². The number of benzene rings is 2. The van der Waals surface area contributed by atoms with Gasteiger partial charge in [0.25, 0.3) is 11.8 Å². The van der Waals surface area contributed by atoms with Gasteiger partial charge in [-0.15, -0.1) is 0 Å². The summed E-state index contributed by atoms with van der Waals surface area (Å²) in [5, 5.41) is 5.60. The number of hydrogen-bond acceptors (Lipinski definition) is 4. The third-order valence-corrected chi connectivity index (χ3v) is 5.52. The molecule has 7 nitrogen and oxygen atoms in total. The number of para-hydroxylation sites is 1. The van der Waals surface area contributed by atoms with Gasteiger partial charge in [-0.25, -0.2) is 0 Å². The van der Waals surface area contributed by atoms with Crippen LogP contribution >= 0.6 is 0 Å². The Morgan fingerprint density at radius 2 is 1.47 bits per heavy atom. The van der Waals surface area contributed by atoms with Crippen LogP contribution in [0.3, 0.4) is 0 Å². The van der Waals surface area contributed by atoms with Gasteiger partial charge >= 0.3 is 0 Å². The summed E-state index contributed by atoms with van der Waals surface area (Å²) in [6.45, 7) is 6.75. The van der Waals surface area contributed by atoms with E-state index in [1.807, 2.05) is 32.0 Å². The Kier molecular flexibility index (Phi) is 5.73. The summed E-state index contributed by atoms with van der Waals surface area (Å²) >= 11 is 0. The van der Waals surface area contributed by atoms with Gasteiger partial charge in [-0.2, -0.15) is 0 Å². The van der Waals surface area contributed by atoms with Gasteiger partial charge in [0.2, 0.25) is 11.8 Å². The van der Waals surface area contributed by atoms with Crippen LogP contribution in [0.4, 0.5) is 5.69 Å². The maximum atomic E-state index is 13.0. The number of carbonyl (C=O) groups is 4. The number of nitrogens with zero attached hydrogens (tertiary/aromatic N) is 1. The van der Waals surface area contributed by atoms with Crippen molar-refractivity contribution in [2.45, 2.75) is 39.7 Å². The molecule has 2 aromatic carbocycles. The van der Waals surface area contributed by atoms with Crippen molar-refractivity contribution < 1.29 is 19.2 Å². The van der Waals surface area contributed by atoms with E-state index in [4.69, 9.17) is 0 Å². The Morgan fingerprint density at radius 1 is 0.933 bits per heavy atom. The normalized spacial score (nSPS) is 14.9. The van der Waals surface area contributed by atoms with Crippen molar-refractivity contribution >= 4 is 29.3 Å². The van der Waals surface area contributed by atoms with Crippen LogP contribution in [-0.2, 0) is 9.59 Å². The van der Waals surface area contributed by atoms with E-state index in [2.05, 4.69) is 10.6 Å². The van der Waals surface area contributed by atoms with E-state index < -0.39 is 29.8 Å². The minimum absolute atomic E-state index is 0.279. The number of nitrogens with one attached hydrogen (secondary N) is 2. The minimum atomic E-state index is -1.20. The molecule has 7 heteroatoms. The zero-order valence-corrected chi connectivity index (χ0v) is 17.5. The maximum absolute atomic E-state index is 13.0. The SMILES string of the molecule is CCC(C)(NC(=O)CN1C(=O)c2ccccc2C1=O)C(=O)Nc1c(C)cccc1C. The van der Waals surface area contributed by atoms with Crippen LogP contribution in [0.1, 0.15) is 52.1 Å². The quantitative estimate of drug-likeness (QED) is 0.720. The Morgan fingerprint density at radius 3 is 1.97 bits per heavy atom. The van der Waals surface area contributed by atoms with Gasteiger partial charge in [0, 0.05) is 5.69 Å². The first-order chi connectivity index (χ1) is 14.2. The first kappa shape index (κ1) is 21.2. The molecule has 0 aliphatic carbocycles. The highest BCUT2D eigenvalue weighted by atomic mass is 16.2. The lowest BCUT2D eigenvalue weighted by Crippen LogP contribution is -2.56. The topological polar surface area (TPSA) is 95.6 Å². The number of hydrogen-bond donors (Lipinski definition) is 2. The highest BCUT2D eigenvalue weighted by Crippen LogP contribution is 2.24. The predicted molar refractivity (Wildman–Crippen MR) is 113 cm³/mol. The molecule has 1 aliphatic rings. The standard InChI is InChI=1S/C23H25N3O4/c1-5-23(4,22(30)24-19-14(2)9-8-10-15(19)3)25-18(27)13-26-20(28)16-11-6-7-12-17(16)21(26)29/h6-12H,5,13H2,1-4H3,(H,24,30)(H,25,27). The molecular formula is C23H25N3O4. The Labute approximate surface area is 175 Å². The fourth-order valence-electron chi connectivity index (χ4n) is 3.44. The molecule has 1 unspecified atom stereocenters. The Balaban J connectivity index is 1.72. The van der Waals surface area contributed by atoms with Crippen LogP contribution in [0.2, 0.25) is 0 Å². The molecular weight excluding hydrogens is 382 g/mol. The fourth-order valence-corrected chi connectivity index (χ4v) is 3.44. The van der Waals surface area contributed by atoms with Gasteiger partial charge in [-0.05, 0) is 50.5 Å². The van der Waals surface area contributed by atoms with Crippen molar-refractivity contribution in [3.63, 3.8) is 0 Å². The van der Waals surface area contributed by atoms with Crippen molar-refractivity contribution in [1.82, 2.24) is 10.2 Å². The van der Waals surface area contributed by atoms with Crippen LogP contribution in [0.25, 0.3) is 0 Å². The van der Waals surface area contributed by atoms with Crippen molar-refractivity contribution in [2.75, 3.05) is 11.9 Å². The number of rotatable bonds is 6. The molecule has 0 fully saturated rings. The van der Waals surface area contributed by atoms with Gasteiger partial charge in [0.15, 0.2) is 0 Å². The molecule has 0 spiro atoms. The molecule has 0 saturated carbocycles. The fraction of sp³-hybridized carbons (Fsp3) is 0.304. The van der Waals surface area contributed by atoms with Gasteiger partial charge in [0.05, 0.1) is 11.1 Å². The summed E-state index contributed by atoms with van der Waals surface area (Å²) in [7, 11) is 0. The molecule has 2 N–H and O–H groups in total. The average molecular weight is 407 g/mol. The molecule has 2 aromatic rings. The first-order valence-electron chi connectivity index (χ1n) is 9.82. The third kappa shape index (κ3) is 3.83. The maximum Gasteiger partial charge on any atom is 0.262 e. The van der Waals surface area contributed by atoms with Gasteiger partial charge in [-0.3, -0.25) is 24.1 Å². The largest absolute Gasteiger partial charge is 0.340 e. The first-order valence-corrected chi connectivity index (χ1v) is 9.82. The van der Waals surface area contributed by atoms with Crippen LogP contribution in [0.15, 0.2) is 42.5 Å². The van der Waals surface area contributed by atoms with Crippen molar-refractivity contribution in [3.8, 4) is 0 Å². The summed E-state index contributed by atoms with van der Waals surface area (Å²) in [5.74, 6) is -1.96. The highest BCUT2D eigenvalue weighted by molar-refractivity contribution is 6.22. The molecule has 156 valence electrons. The van der Waals surface area contributed by atoms with Crippen molar-refractivity contribution in [2.24, 2.45) is 0 Å². The second kappa shape index (κ2) is 8.10. The van der Waals surface area contributed by atoms with E-state index in [9.17, 15) is 19.2 Å². The lowest BCUT2D eigenvalue weighted by atomic mass is 9.96. The van der Waals surface area contributed by atoms with E-state index >= 15 is 0 Å². The molecule has 0 bridgehead atoms. The number of anilines is 1. The second-order valence-electron chi connectivity index (χ2n) is 7.70. The van der Waals surface area contributed by atoms with E-state index in [0.29, 0.717) is 12.1 Å². The number of amides is 4. The zero-order valence-electron chi connectivity index (χ0n) is 17.5. The van der Waals surface area contributed by atoms with Gasteiger partial charge in [-0.1, -0.05) is 37.3 Å². The highest BCUT2D eigenvalue weighted by Gasteiger charge is 2.39. The number of imide groups is 1. The molecule has 30 heavy (non-hydrogen) atoms. The molecule has 0 saturated heterocycles. The van der Waals surface area contributed by atoms with Gasteiger partial charge < -0.3 is 10.6 Å². The van der Waals surface area contributed by atoms with Crippen molar-refractivity contribution in [3.05, 3.63) is 64.7 Å². The second-order valence-corrected chi connectivity index (χ2v) is 7.70. The molecule has 1 atom stereocenters. The Hall–Kier alpha value is -3.48. The molecule has 4 amide bonds. The smallest absolute Gasteiger partial charge is 0.262 e. The van der Waals surface area contributed by atoms with Crippen LogP contribution in [-0.4, -0.2) is 40.6 Å². The monoisotopic (exact) mass is 407 g/mol. The van der Waals surface area contributed by atoms with Crippen molar-refractivity contribution in [1.29, 1.82) is 0 Å².